The predicted molar refractivity (Wildman–Crippen MR) is 90.7 cm³/mol. The summed E-state index contributed by atoms with van der Waals surface area (Å²) in [4.78, 5) is 23.9. The summed E-state index contributed by atoms with van der Waals surface area (Å²) in [6.45, 7) is 1.42. The second-order valence-corrected chi connectivity index (χ2v) is 5.92. The zero-order valence-electron chi connectivity index (χ0n) is 12.7. The van der Waals surface area contributed by atoms with E-state index in [1.165, 1.54) is 43.3 Å². The smallest absolute Gasteiger partial charge is 0.311 e. The van der Waals surface area contributed by atoms with Crippen molar-refractivity contribution < 1.29 is 18.7 Å². The summed E-state index contributed by atoms with van der Waals surface area (Å²) in [6, 6.07) is 10.4. The van der Waals surface area contributed by atoms with Crippen LogP contribution in [0.5, 0.6) is 0 Å². The maximum Gasteiger partial charge on any atom is 0.311 e. The third-order valence-corrected chi connectivity index (χ3v) is 3.54. The van der Waals surface area contributed by atoms with Crippen molar-refractivity contribution in [3.8, 4) is 0 Å². The highest BCUT2D eigenvalue weighted by molar-refractivity contribution is 6.35. The van der Waals surface area contributed by atoms with Gasteiger partial charge in [0.25, 0.3) is 5.91 Å². The molecule has 1 amide bonds. The van der Waals surface area contributed by atoms with Crippen LogP contribution in [0.2, 0.25) is 10.0 Å². The van der Waals surface area contributed by atoms with Gasteiger partial charge in [0.2, 0.25) is 0 Å². The van der Waals surface area contributed by atoms with E-state index in [2.05, 4.69) is 5.32 Å². The topological polar surface area (TPSA) is 55.4 Å². The highest BCUT2D eigenvalue weighted by atomic mass is 35.5. The largest absolute Gasteiger partial charge is 0.452 e. The Morgan fingerprint density at radius 3 is 2.42 bits per heavy atom. The van der Waals surface area contributed by atoms with Crippen molar-refractivity contribution in [3.05, 3.63) is 63.9 Å². The molecule has 0 spiro atoms. The molecule has 0 saturated heterocycles. The van der Waals surface area contributed by atoms with Gasteiger partial charge < -0.3 is 10.1 Å². The van der Waals surface area contributed by atoms with Gasteiger partial charge in [0.1, 0.15) is 5.82 Å². The van der Waals surface area contributed by atoms with Crippen LogP contribution in [-0.4, -0.2) is 18.0 Å². The molecule has 2 aromatic carbocycles. The van der Waals surface area contributed by atoms with Crippen LogP contribution in [0, 0.1) is 5.82 Å². The normalized spacial score (nSPS) is 11.7. The fourth-order valence-corrected chi connectivity index (χ4v) is 2.49. The first kappa shape index (κ1) is 18.2. The van der Waals surface area contributed by atoms with Crippen LogP contribution < -0.4 is 5.32 Å². The Hall–Kier alpha value is -2.11. The summed E-state index contributed by atoms with van der Waals surface area (Å²) in [5.74, 6) is -1.75. The molecule has 0 bridgehead atoms. The van der Waals surface area contributed by atoms with E-state index in [4.69, 9.17) is 27.9 Å². The summed E-state index contributed by atoms with van der Waals surface area (Å²) in [5, 5.41) is 3.27. The molecule has 0 aromatic heterocycles. The van der Waals surface area contributed by atoms with E-state index in [0.29, 0.717) is 15.7 Å². The molecule has 0 fully saturated rings. The summed E-state index contributed by atoms with van der Waals surface area (Å²) in [6.07, 6.45) is -1.31. The number of nitrogens with one attached hydrogen (secondary N) is 1. The van der Waals surface area contributed by atoms with Gasteiger partial charge in [-0.2, -0.15) is 0 Å². The fraction of sp³-hybridized carbons (Fsp3) is 0.176. The predicted octanol–water partition coefficient (Wildman–Crippen LogP) is 4.25. The molecule has 1 N–H and O–H groups in total. The second kappa shape index (κ2) is 8.13. The number of carbonyl (C=O) groups is 2. The van der Waals surface area contributed by atoms with E-state index in [9.17, 15) is 14.0 Å². The molecule has 1 unspecified atom stereocenters. The number of amides is 1. The lowest BCUT2D eigenvalue weighted by atomic mass is 10.1. The van der Waals surface area contributed by atoms with E-state index < -0.39 is 23.8 Å². The SMILES string of the molecule is CC(OC(=O)Cc1ccccc1F)C(=O)Nc1cc(Cl)cc(Cl)c1. The van der Waals surface area contributed by atoms with Gasteiger partial charge in [0.15, 0.2) is 6.10 Å². The molecular formula is C17H14Cl2FNO3. The highest BCUT2D eigenvalue weighted by Crippen LogP contribution is 2.22. The number of benzene rings is 2. The zero-order valence-corrected chi connectivity index (χ0v) is 14.2. The van der Waals surface area contributed by atoms with E-state index in [1.807, 2.05) is 0 Å². The van der Waals surface area contributed by atoms with E-state index in [1.54, 1.807) is 6.07 Å². The molecule has 2 aromatic rings. The third-order valence-electron chi connectivity index (χ3n) is 3.10. The first-order chi connectivity index (χ1) is 11.3. The standard InChI is InChI=1S/C17H14Cl2FNO3/c1-10(17(23)21-14-8-12(18)7-13(19)9-14)24-16(22)6-11-4-2-3-5-15(11)20/h2-5,7-10H,6H2,1H3,(H,21,23). The number of anilines is 1. The third kappa shape index (κ3) is 5.22. The second-order valence-electron chi connectivity index (χ2n) is 5.05. The van der Waals surface area contributed by atoms with Crippen molar-refractivity contribution in [2.45, 2.75) is 19.4 Å². The number of halogens is 3. The minimum absolute atomic E-state index is 0.205. The Labute approximate surface area is 148 Å². The molecule has 0 aliphatic carbocycles. The number of hydrogen-bond acceptors (Lipinski definition) is 3. The van der Waals surface area contributed by atoms with Gasteiger partial charge in [0.05, 0.1) is 6.42 Å². The van der Waals surface area contributed by atoms with Crippen molar-refractivity contribution >= 4 is 40.8 Å². The van der Waals surface area contributed by atoms with Crippen molar-refractivity contribution in [3.63, 3.8) is 0 Å². The maximum absolute atomic E-state index is 13.5. The Balaban J connectivity index is 1.93. The number of carbonyl (C=O) groups excluding carboxylic acids is 2. The summed E-state index contributed by atoms with van der Waals surface area (Å²) >= 11 is 11.7. The average molecular weight is 370 g/mol. The Kier molecular flexibility index (Phi) is 6.17. The highest BCUT2D eigenvalue weighted by Gasteiger charge is 2.19. The van der Waals surface area contributed by atoms with Crippen LogP contribution >= 0.6 is 23.2 Å². The molecule has 4 nitrogen and oxygen atoms in total. The lowest BCUT2D eigenvalue weighted by molar-refractivity contribution is -0.152. The molecule has 0 radical (unpaired) electrons. The lowest BCUT2D eigenvalue weighted by Gasteiger charge is -2.14. The Morgan fingerprint density at radius 1 is 1.17 bits per heavy atom. The minimum atomic E-state index is -1.05. The fourth-order valence-electron chi connectivity index (χ4n) is 1.96. The molecule has 0 aliphatic heterocycles. The molecule has 24 heavy (non-hydrogen) atoms. The lowest BCUT2D eigenvalue weighted by Crippen LogP contribution is -2.30. The molecular weight excluding hydrogens is 356 g/mol. The van der Waals surface area contributed by atoms with Crippen molar-refractivity contribution in [1.29, 1.82) is 0 Å². The van der Waals surface area contributed by atoms with E-state index in [-0.39, 0.29) is 12.0 Å². The van der Waals surface area contributed by atoms with Crippen LogP contribution in [0.3, 0.4) is 0 Å². The minimum Gasteiger partial charge on any atom is -0.452 e. The van der Waals surface area contributed by atoms with Gasteiger partial charge in [-0.25, -0.2) is 4.39 Å². The van der Waals surface area contributed by atoms with Crippen LogP contribution in [0.1, 0.15) is 12.5 Å². The molecule has 0 saturated carbocycles. The quantitative estimate of drug-likeness (QED) is 0.801. The van der Waals surface area contributed by atoms with Crippen molar-refractivity contribution in [1.82, 2.24) is 0 Å². The van der Waals surface area contributed by atoms with Crippen LogP contribution in [-0.2, 0) is 20.7 Å². The number of rotatable bonds is 5. The van der Waals surface area contributed by atoms with Gasteiger partial charge in [-0.15, -0.1) is 0 Å². The van der Waals surface area contributed by atoms with Crippen molar-refractivity contribution in [2.75, 3.05) is 5.32 Å². The molecule has 1 atom stereocenters. The van der Waals surface area contributed by atoms with E-state index in [0.717, 1.165) is 0 Å². The molecule has 0 aliphatic rings. The van der Waals surface area contributed by atoms with Crippen LogP contribution in [0.25, 0.3) is 0 Å². The Bertz CT molecular complexity index is 747. The maximum atomic E-state index is 13.5. The summed E-state index contributed by atoms with van der Waals surface area (Å²) in [5.41, 5.74) is 0.589. The first-order valence-corrected chi connectivity index (χ1v) is 7.80. The Morgan fingerprint density at radius 2 is 1.79 bits per heavy atom. The number of ether oxygens (including phenoxy) is 1. The number of hydrogen-bond donors (Lipinski definition) is 1. The summed E-state index contributed by atoms with van der Waals surface area (Å²) < 4.78 is 18.5. The van der Waals surface area contributed by atoms with Crippen LogP contribution in [0.4, 0.5) is 10.1 Å². The van der Waals surface area contributed by atoms with Gasteiger partial charge in [-0.3, -0.25) is 9.59 Å². The van der Waals surface area contributed by atoms with E-state index >= 15 is 0 Å². The van der Waals surface area contributed by atoms with Gasteiger partial charge in [0, 0.05) is 15.7 Å². The zero-order chi connectivity index (χ0) is 17.7. The molecule has 7 heteroatoms. The van der Waals surface area contributed by atoms with Crippen molar-refractivity contribution in [2.24, 2.45) is 0 Å². The van der Waals surface area contributed by atoms with Gasteiger partial charge >= 0.3 is 5.97 Å². The molecule has 0 heterocycles. The average Bonchev–Trinajstić information content (AvgIpc) is 2.48. The molecule has 126 valence electrons. The summed E-state index contributed by atoms with van der Waals surface area (Å²) in [7, 11) is 0. The number of esters is 1. The monoisotopic (exact) mass is 369 g/mol. The van der Waals surface area contributed by atoms with Gasteiger partial charge in [-0.05, 0) is 36.8 Å². The first-order valence-electron chi connectivity index (χ1n) is 7.05. The molecule has 2 rings (SSSR count). The van der Waals surface area contributed by atoms with Gasteiger partial charge in [-0.1, -0.05) is 41.4 Å². The van der Waals surface area contributed by atoms with Crippen LogP contribution in [0.15, 0.2) is 42.5 Å².